The lowest BCUT2D eigenvalue weighted by atomic mass is 10.3. The Hall–Kier alpha value is -1.55. The van der Waals surface area contributed by atoms with Crippen molar-refractivity contribution < 1.29 is 4.42 Å². The highest BCUT2D eigenvalue weighted by molar-refractivity contribution is 5.88. The number of nitrogens with two attached hydrogens (primary N) is 1. The molecule has 0 bridgehead atoms. The van der Waals surface area contributed by atoms with E-state index in [1.165, 1.54) is 0 Å². The van der Waals surface area contributed by atoms with Gasteiger partial charge >= 0.3 is 0 Å². The molecular formula is C11H13N3O. The first kappa shape index (κ1) is 8.73. The van der Waals surface area contributed by atoms with Crippen molar-refractivity contribution in [1.29, 1.82) is 0 Å². The third kappa shape index (κ3) is 1.37. The summed E-state index contributed by atoms with van der Waals surface area (Å²) in [6, 6.07) is 4.12. The van der Waals surface area contributed by atoms with Crippen molar-refractivity contribution in [3.05, 3.63) is 24.6 Å². The number of nitrogens with zero attached hydrogens (tertiary/aromatic N) is 2. The number of fused-ring (bicyclic) bond motifs is 1. The molecule has 3 heterocycles. The first-order valence-corrected chi connectivity index (χ1v) is 5.17. The summed E-state index contributed by atoms with van der Waals surface area (Å²) in [7, 11) is 0. The highest BCUT2D eigenvalue weighted by atomic mass is 16.3. The normalized spacial score (nSPS) is 21.4. The van der Waals surface area contributed by atoms with Gasteiger partial charge in [-0.25, -0.2) is 4.98 Å². The highest BCUT2D eigenvalue weighted by Crippen LogP contribution is 2.27. The van der Waals surface area contributed by atoms with Gasteiger partial charge in [0.15, 0.2) is 0 Å². The molecule has 0 aliphatic carbocycles. The molecule has 1 aliphatic rings. The number of aromatic nitrogens is 1. The molecule has 0 saturated carbocycles. The molecule has 4 nitrogen and oxygen atoms in total. The van der Waals surface area contributed by atoms with Crippen LogP contribution in [0, 0.1) is 0 Å². The van der Waals surface area contributed by atoms with Gasteiger partial charge in [-0.15, -0.1) is 0 Å². The molecule has 2 aromatic heterocycles. The molecule has 0 amide bonds. The Bertz CT molecular complexity index is 479. The summed E-state index contributed by atoms with van der Waals surface area (Å²) >= 11 is 0. The van der Waals surface area contributed by atoms with Crippen LogP contribution in [0.25, 0.3) is 11.0 Å². The van der Waals surface area contributed by atoms with Gasteiger partial charge in [-0.05, 0) is 18.6 Å². The fourth-order valence-electron chi connectivity index (χ4n) is 2.11. The van der Waals surface area contributed by atoms with Crippen molar-refractivity contribution in [1.82, 2.24) is 4.98 Å². The number of pyridine rings is 1. The summed E-state index contributed by atoms with van der Waals surface area (Å²) in [4.78, 5) is 6.63. The van der Waals surface area contributed by atoms with E-state index in [0.717, 1.165) is 36.3 Å². The maximum absolute atomic E-state index is 5.89. The molecule has 0 spiro atoms. The van der Waals surface area contributed by atoms with Gasteiger partial charge in [0.25, 0.3) is 0 Å². The monoisotopic (exact) mass is 203 g/mol. The van der Waals surface area contributed by atoms with Crippen LogP contribution in [0.2, 0.25) is 0 Å². The van der Waals surface area contributed by atoms with Gasteiger partial charge in [-0.2, -0.15) is 0 Å². The van der Waals surface area contributed by atoms with Crippen molar-refractivity contribution >= 4 is 16.8 Å². The molecule has 78 valence electrons. The average Bonchev–Trinajstić information content (AvgIpc) is 2.84. The van der Waals surface area contributed by atoms with Crippen LogP contribution in [-0.2, 0) is 0 Å². The van der Waals surface area contributed by atoms with E-state index >= 15 is 0 Å². The number of furan rings is 1. The van der Waals surface area contributed by atoms with Gasteiger partial charge in [-0.3, -0.25) is 0 Å². The van der Waals surface area contributed by atoms with Crippen LogP contribution in [0.4, 0.5) is 5.82 Å². The van der Waals surface area contributed by atoms with E-state index in [0.29, 0.717) is 0 Å². The summed E-state index contributed by atoms with van der Waals surface area (Å²) in [5.74, 6) is 0.995. The van der Waals surface area contributed by atoms with Crippen molar-refractivity contribution in [2.45, 2.75) is 12.5 Å². The van der Waals surface area contributed by atoms with E-state index in [-0.39, 0.29) is 6.04 Å². The first-order valence-electron chi connectivity index (χ1n) is 5.17. The Balaban J connectivity index is 2.06. The van der Waals surface area contributed by atoms with Crippen molar-refractivity contribution in [3.8, 4) is 0 Å². The molecule has 1 saturated heterocycles. The fourth-order valence-corrected chi connectivity index (χ4v) is 2.11. The Morgan fingerprint density at radius 1 is 1.47 bits per heavy atom. The Morgan fingerprint density at radius 2 is 2.40 bits per heavy atom. The second-order valence-corrected chi connectivity index (χ2v) is 3.96. The molecular weight excluding hydrogens is 190 g/mol. The second kappa shape index (κ2) is 3.24. The maximum atomic E-state index is 5.89. The van der Waals surface area contributed by atoms with E-state index in [1.807, 2.05) is 12.1 Å². The standard InChI is InChI=1S/C11H13N3O/c12-8-2-5-14(7-8)11-9-3-6-15-10(9)1-4-13-11/h1,3-4,6,8H,2,5,7,12H2/t8-/m1/s1. The van der Waals surface area contributed by atoms with Crippen molar-refractivity contribution in [3.63, 3.8) is 0 Å². The average molecular weight is 203 g/mol. The van der Waals surface area contributed by atoms with Crippen LogP contribution in [0.3, 0.4) is 0 Å². The molecule has 1 atom stereocenters. The quantitative estimate of drug-likeness (QED) is 0.760. The number of anilines is 1. The third-order valence-electron chi connectivity index (χ3n) is 2.88. The number of hydrogen-bond acceptors (Lipinski definition) is 4. The van der Waals surface area contributed by atoms with Crippen LogP contribution in [0.15, 0.2) is 29.0 Å². The van der Waals surface area contributed by atoms with Gasteiger partial charge in [0.05, 0.1) is 11.6 Å². The van der Waals surface area contributed by atoms with Crippen LogP contribution in [0.1, 0.15) is 6.42 Å². The predicted molar refractivity (Wildman–Crippen MR) is 58.8 cm³/mol. The minimum absolute atomic E-state index is 0.272. The van der Waals surface area contributed by atoms with E-state index in [9.17, 15) is 0 Å². The summed E-state index contributed by atoms with van der Waals surface area (Å²) < 4.78 is 5.35. The molecule has 4 heteroatoms. The molecule has 1 fully saturated rings. The molecule has 2 aromatic rings. The minimum atomic E-state index is 0.272. The number of hydrogen-bond donors (Lipinski definition) is 1. The maximum Gasteiger partial charge on any atom is 0.139 e. The molecule has 15 heavy (non-hydrogen) atoms. The van der Waals surface area contributed by atoms with E-state index in [2.05, 4.69) is 9.88 Å². The van der Waals surface area contributed by atoms with Crippen molar-refractivity contribution in [2.75, 3.05) is 18.0 Å². The van der Waals surface area contributed by atoms with Gasteiger partial charge in [0, 0.05) is 25.3 Å². The first-order chi connectivity index (χ1) is 7.34. The molecule has 0 unspecified atom stereocenters. The molecule has 0 radical (unpaired) electrons. The second-order valence-electron chi connectivity index (χ2n) is 3.96. The van der Waals surface area contributed by atoms with E-state index in [4.69, 9.17) is 10.2 Å². The lowest BCUT2D eigenvalue weighted by Crippen LogP contribution is -2.26. The zero-order valence-corrected chi connectivity index (χ0v) is 8.39. The van der Waals surface area contributed by atoms with Gasteiger partial charge in [0.1, 0.15) is 11.4 Å². The zero-order valence-electron chi connectivity index (χ0n) is 8.39. The van der Waals surface area contributed by atoms with Gasteiger partial charge < -0.3 is 15.1 Å². The fraction of sp³-hybridized carbons (Fsp3) is 0.364. The Kier molecular flexibility index (Phi) is 1.89. The molecule has 1 aliphatic heterocycles. The van der Waals surface area contributed by atoms with Crippen LogP contribution in [0.5, 0.6) is 0 Å². The smallest absolute Gasteiger partial charge is 0.139 e. The summed E-state index contributed by atoms with van der Waals surface area (Å²) in [5, 5.41) is 1.08. The van der Waals surface area contributed by atoms with E-state index in [1.54, 1.807) is 12.5 Å². The van der Waals surface area contributed by atoms with Crippen LogP contribution >= 0.6 is 0 Å². The largest absolute Gasteiger partial charge is 0.464 e. The summed E-state index contributed by atoms with van der Waals surface area (Å²) in [6.45, 7) is 1.87. The highest BCUT2D eigenvalue weighted by Gasteiger charge is 2.22. The topological polar surface area (TPSA) is 55.3 Å². The van der Waals surface area contributed by atoms with Crippen molar-refractivity contribution in [2.24, 2.45) is 5.73 Å². The Morgan fingerprint density at radius 3 is 3.20 bits per heavy atom. The third-order valence-corrected chi connectivity index (χ3v) is 2.88. The zero-order chi connectivity index (χ0) is 10.3. The van der Waals surface area contributed by atoms with Crippen LogP contribution in [-0.4, -0.2) is 24.1 Å². The predicted octanol–water partition coefficient (Wildman–Crippen LogP) is 1.37. The van der Waals surface area contributed by atoms with E-state index < -0.39 is 0 Å². The van der Waals surface area contributed by atoms with Crippen LogP contribution < -0.4 is 10.6 Å². The molecule has 0 aromatic carbocycles. The summed E-state index contributed by atoms with van der Waals surface area (Å²) in [6.07, 6.45) is 4.52. The lowest BCUT2D eigenvalue weighted by Gasteiger charge is -2.16. The molecule has 3 rings (SSSR count). The SMILES string of the molecule is N[C@@H]1CCN(c2nccc3occc23)C1. The Labute approximate surface area is 87.7 Å². The minimum Gasteiger partial charge on any atom is -0.464 e. The summed E-state index contributed by atoms with van der Waals surface area (Å²) in [5.41, 5.74) is 6.78. The molecule has 2 N–H and O–H groups in total. The number of rotatable bonds is 1. The van der Waals surface area contributed by atoms with Gasteiger partial charge in [-0.1, -0.05) is 0 Å². The lowest BCUT2D eigenvalue weighted by molar-refractivity contribution is 0.615. The van der Waals surface area contributed by atoms with Gasteiger partial charge in [0.2, 0.25) is 0 Å².